The molecule has 0 aliphatic heterocycles. The van der Waals surface area contributed by atoms with Crippen molar-refractivity contribution in [3.63, 3.8) is 0 Å². The number of unbranched alkanes of at least 4 members (excludes halogenated alkanes) is 5. The highest BCUT2D eigenvalue weighted by Gasteiger charge is 2.20. The van der Waals surface area contributed by atoms with Crippen molar-refractivity contribution in [3.05, 3.63) is 35.4 Å². The second-order valence-corrected chi connectivity index (χ2v) is 8.82. The summed E-state index contributed by atoms with van der Waals surface area (Å²) in [5, 5.41) is 15.8. The van der Waals surface area contributed by atoms with Crippen LogP contribution in [0.15, 0.2) is 24.3 Å². The Morgan fingerprint density at radius 1 is 1.14 bits per heavy atom. The Bertz CT molecular complexity index is 629. The number of aliphatic hydroxyl groups excluding tert-OH is 1. The van der Waals surface area contributed by atoms with Gasteiger partial charge in [0.2, 0.25) is 0 Å². The molecule has 0 aliphatic carbocycles. The van der Waals surface area contributed by atoms with Gasteiger partial charge in [0.15, 0.2) is 0 Å². The monoisotopic (exact) mass is 422 g/mol. The number of aliphatic hydroxyl groups is 1. The number of benzene rings is 1. The fraction of sp³-hybridized carbons (Fsp3) is 0.652. The average Bonchev–Trinajstić information content (AvgIpc) is 2.65. The van der Waals surface area contributed by atoms with Gasteiger partial charge in [0.05, 0.1) is 12.6 Å². The Hall–Kier alpha value is -1.66. The number of ether oxygens (including phenoxy) is 1. The fourth-order valence-corrected chi connectivity index (χ4v) is 3.32. The van der Waals surface area contributed by atoms with Crippen LogP contribution in [0.25, 0.3) is 0 Å². The highest BCUT2D eigenvalue weighted by atomic mass is 32.1. The topological polar surface area (TPSA) is 70.6 Å². The van der Waals surface area contributed by atoms with E-state index in [1.54, 1.807) is 0 Å². The summed E-state index contributed by atoms with van der Waals surface area (Å²) in [5.74, 6) is 0. The predicted molar refractivity (Wildman–Crippen MR) is 123 cm³/mol. The highest BCUT2D eigenvalue weighted by Crippen LogP contribution is 2.14. The molecule has 29 heavy (non-hydrogen) atoms. The molecule has 0 spiro atoms. The van der Waals surface area contributed by atoms with E-state index in [1.165, 1.54) is 32.1 Å². The van der Waals surface area contributed by atoms with Crippen LogP contribution in [-0.2, 0) is 11.2 Å². The zero-order valence-electron chi connectivity index (χ0n) is 18.4. The number of carbonyl (C=O) groups excluding carboxylic acids is 1. The smallest absolute Gasteiger partial charge is 0.407 e. The van der Waals surface area contributed by atoms with E-state index >= 15 is 0 Å². The number of carbonyl (C=O) groups is 1. The Kier molecular flexibility index (Phi) is 11.9. The molecule has 3 N–H and O–H groups in total. The van der Waals surface area contributed by atoms with Gasteiger partial charge in [-0.3, -0.25) is 0 Å². The zero-order valence-corrected chi connectivity index (χ0v) is 19.2. The molecule has 0 heterocycles. The van der Waals surface area contributed by atoms with Gasteiger partial charge in [-0.15, -0.1) is 0 Å². The minimum absolute atomic E-state index is 0.175. The fourth-order valence-electron chi connectivity index (χ4n) is 3.02. The summed E-state index contributed by atoms with van der Waals surface area (Å²) < 4.78 is 5.29. The summed E-state index contributed by atoms with van der Waals surface area (Å²) in [6, 6.07) is 7.41. The third-order valence-electron chi connectivity index (χ3n) is 4.49. The molecule has 0 bridgehead atoms. The molecule has 1 rings (SSSR count). The maximum atomic E-state index is 12.0. The minimum atomic E-state index is -0.579. The minimum Gasteiger partial charge on any atom is -0.444 e. The van der Waals surface area contributed by atoms with Crippen LogP contribution in [-0.4, -0.2) is 41.0 Å². The third kappa shape index (κ3) is 11.2. The second kappa shape index (κ2) is 13.5. The summed E-state index contributed by atoms with van der Waals surface area (Å²) in [4.78, 5) is 12.7. The summed E-state index contributed by atoms with van der Waals surface area (Å²) in [5.41, 5.74) is 1.35. The molecule has 0 radical (unpaired) electrons. The quantitative estimate of drug-likeness (QED) is 0.335. The molecule has 1 amide bonds. The third-order valence-corrected chi connectivity index (χ3v) is 4.85. The summed E-state index contributed by atoms with van der Waals surface area (Å²) in [6.45, 7) is 8.34. The SMILES string of the molecule is CCCCCCCCNC(=S)c1ccccc1C[C@H](CO)NC(=O)OC(C)(C)C. The second-order valence-electron chi connectivity index (χ2n) is 8.41. The Labute approximate surface area is 181 Å². The van der Waals surface area contributed by atoms with Gasteiger partial charge in [-0.2, -0.15) is 0 Å². The van der Waals surface area contributed by atoms with E-state index in [0.717, 1.165) is 24.1 Å². The summed E-state index contributed by atoms with van der Waals surface area (Å²) in [6.07, 6.45) is 7.40. The number of amides is 1. The van der Waals surface area contributed by atoms with Crippen LogP contribution in [0.5, 0.6) is 0 Å². The first-order valence-corrected chi connectivity index (χ1v) is 11.1. The van der Waals surface area contributed by atoms with Gasteiger partial charge >= 0.3 is 6.09 Å². The first kappa shape index (κ1) is 25.4. The van der Waals surface area contributed by atoms with Gasteiger partial charge in [0.25, 0.3) is 0 Å². The summed E-state index contributed by atoms with van der Waals surface area (Å²) >= 11 is 5.59. The molecule has 1 atom stereocenters. The van der Waals surface area contributed by atoms with Crippen LogP contribution in [0, 0.1) is 0 Å². The largest absolute Gasteiger partial charge is 0.444 e. The lowest BCUT2D eigenvalue weighted by atomic mass is 10.00. The molecule has 5 nitrogen and oxygen atoms in total. The maximum absolute atomic E-state index is 12.0. The lowest BCUT2D eigenvalue weighted by Crippen LogP contribution is -2.42. The van der Waals surface area contributed by atoms with E-state index in [9.17, 15) is 9.90 Å². The Morgan fingerprint density at radius 2 is 1.79 bits per heavy atom. The van der Waals surface area contributed by atoms with Gasteiger partial charge in [0.1, 0.15) is 10.6 Å². The van der Waals surface area contributed by atoms with Crippen molar-refractivity contribution < 1.29 is 14.6 Å². The zero-order chi connectivity index (χ0) is 21.7. The van der Waals surface area contributed by atoms with Crippen molar-refractivity contribution in [1.82, 2.24) is 10.6 Å². The van der Waals surface area contributed by atoms with Crippen LogP contribution in [0.4, 0.5) is 4.79 Å². The van der Waals surface area contributed by atoms with Crippen molar-refractivity contribution >= 4 is 23.3 Å². The molecule has 0 aromatic heterocycles. The molecule has 1 aromatic rings. The van der Waals surface area contributed by atoms with Crippen LogP contribution in [0.1, 0.15) is 77.3 Å². The number of alkyl carbamates (subject to hydrolysis) is 1. The van der Waals surface area contributed by atoms with Crippen molar-refractivity contribution in [2.24, 2.45) is 0 Å². The van der Waals surface area contributed by atoms with E-state index < -0.39 is 17.7 Å². The molecule has 0 unspecified atom stereocenters. The van der Waals surface area contributed by atoms with Gasteiger partial charge in [0, 0.05) is 12.1 Å². The van der Waals surface area contributed by atoms with Gasteiger partial charge < -0.3 is 20.5 Å². The van der Waals surface area contributed by atoms with E-state index in [0.29, 0.717) is 11.4 Å². The van der Waals surface area contributed by atoms with Crippen LogP contribution in [0.3, 0.4) is 0 Å². The van der Waals surface area contributed by atoms with E-state index in [-0.39, 0.29) is 6.61 Å². The Morgan fingerprint density at radius 3 is 2.45 bits per heavy atom. The van der Waals surface area contributed by atoms with Crippen LogP contribution >= 0.6 is 12.2 Å². The molecule has 164 valence electrons. The number of hydrogen-bond donors (Lipinski definition) is 3. The normalized spacial score (nSPS) is 12.3. The number of rotatable bonds is 12. The molecular formula is C23H38N2O3S. The number of thiocarbonyl (C=S) groups is 1. The lowest BCUT2D eigenvalue weighted by molar-refractivity contribution is 0.0483. The number of hydrogen-bond acceptors (Lipinski definition) is 4. The molecule has 0 aliphatic rings. The highest BCUT2D eigenvalue weighted by molar-refractivity contribution is 7.80. The van der Waals surface area contributed by atoms with Crippen molar-refractivity contribution in [2.75, 3.05) is 13.2 Å². The van der Waals surface area contributed by atoms with E-state index in [2.05, 4.69) is 17.6 Å². The maximum Gasteiger partial charge on any atom is 0.407 e. The standard InChI is InChI=1S/C23H38N2O3S/c1-5-6-7-8-9-12-15-24-21(29)20-14-11-10-13-18(20)16-19(17-26)25-22(27)28-23(2,3)4/h10-11,13-14,19,26H,5-9,12,15-17H2,1-4H3,(H,24,29)(H,25,27)/t19-/m1/s1. The molecular weight excluding hydrogens is 384 g/mol. The van der Waals surface area contributed by atoms with Gasteiger partial charge in [-0.25, -0.2) is 4.79 Å². The van der Waals surface area contributed by atoms with Gasteiger partial charge in [-0.1, -0.05) is 75.5 Å². The molecule has 0 saturated carbocycles. The van der Waals surface area contributed by atoms with Crippen molar-refractivity contribution in [3.8, 4) is 0 Å². The van der Waals surface area contributed by atoms with Crippen LogP contribution in [0.2, 0.25) is 0 Å². The van der Waals surface area contributed by atoms with E-state index in [1.807, 2.05) is 45.0 Å². The molecule has 0 fully saturated rings. The first-order chi connectivity index (χ1) is 13.8. The van der Waals surface area contributed by atoms with Crippen molar-refractivity contribution in [2.45, 2.75) is 84.3 Å². The van der Waals surface area contributed by atoms with Crippen LogP contribution < -0.4 is 10.6 Å². The number of nitrogens with one attached hydrogen (secondary N) is 2. The molecule has 1 aromatic carbocycles. The molecule has 0 saturated heterocycles. The predicted octanol–water partition coefficient (Wildman–Crippen LogP) is 4.74. The van der Waals surface area contributed by atoms with E-state index in [4.69, 9.17) is 17.0 Å². The van der Waals surface area contributed by atoms with Gasteiger partial charge in [-0.05, 0) is 39.2 Å². The summed E-state index contributed by atoms with van der Waals surface area (Å²) in [7, 11) is 0. The molecule has 6 heteroatoms. The Balaban J connectivity index is 2.58. The first-order valence-electron chi connectivity index (χ1n) is 10.7. The van der Waals surface area contributed by atoms with Crippen molar-refractivity contribution in [1.29, 1.82) is 0 Å². The lowest BCUT2D eigenvalue weighted by Gasteiger charge is -2.23. The average molecular weight is 423 g/mol.